The zero-order chi connectivity index (χ0) is 45.4. The summed E-state index contributed by atoms with van der Waals surface area (Å²) < 4.78 is 87.8. The highest BCUT2D eigenvalue weighted by molar-refractivity contribution is 7.98. The van der Waals surface area contributed by atoms with E-state index in [0.717, 1.165) is 24.3 Å². The van der Waals surface area contributed by atoms with Crippen LogP contribution in [0.2, 0.25) is 0 Å². The highest BCUT2D eigenvalue weighted by atomic mass is 32.2. The molecule has 0 amide bonds. The van der Waals surface area contributed by atoms with Gasteiger partial charge in [-0.25, -0.2) is 29.5 Å². The van der Waals surface area contributed by atoms with E-state index in [1.807, 2.05) is 0 Å². The van der Waals surface area contributed by atoms with E-state index in [9.17, 15) is 35.9 Å². The molecule has 2 N–H and O–H groups in total. The van der Waals surface area contributed by atoms with Crippen molar-refractivity contribution in [1.82, 2.24) is 29.7 Å². The summed E-state index contributed by atoms with van der Waals surface area (Å²) in [6.45, 7) is 9.55. The van der Waals surface area contributed by atoms with Crippen LogP contribution in [0.5, 0.6) is 0 Å². The molecule has 2 aromatic carbocycles. The molecule has 0 saturated heterocycles. The van der Waals surface area contributed by atoms with Gasteiger partial charge in [0.1, 0.15) is 22.8 Å². The van der Waals surface area contributed by atoms with Crippen LogP contribution in [0.25, 0.3) is 6.08 Å². The maximum atomic E-state index is 13.0. The number of hydrogen-bond donors (Lipinski definition) is 2. The van der Waals surface area contributed by atoms with Crippen molar-refractivity contribution in [3.8, 4) is 0 Å². The number of aromatic nitrogens is 4. The van der Waals surface area contributed by atoms with Crippen LogP contribution in [0.3, 0.4) is 0 Å². The van der Waals surface area contributed by atoms with Crippen LogP contribution in [0, 0.1) is 6.92 Å². The molecule has 0 radical (unpaired) electrons. The van der Waals surface area contributed by atoms with Gasteiger partial charge in [0.05, 0.1) is 35.7 Å². The average molecular weight is 885 g/mol. The average Bonchev–Trinajstić information content (AvgIpc) is 3.16. The Morgan fingerprint density at radius 1 is 0.733 bits per heavy atom. The Labute approximate surface area is 355 Å². The third kappa shape index (κ3) is 16.2. The SMILES string of the molecule is CC(C)N(C)C.CCOC(=O)c1c(/C=C/N(C)C)nc(SC)nc1Nc1cccc(C(F)(F)F)c1.CCOC(=O)c1c(C)nc(SC)nc1Nc1cccc(C(F)(F)F)c1. The van der Waals surface area contributed by atoms with E-state index in [1.54, 1.807) is 64.6 Å². The minimum Gasteiger partial charge on any atom is -0.462 e. The number of ether oxygens (including phenoxy) is 2. The molecule has 0 aliphatic carbocycles. The molecule has 0 atom stereocenters. The number of nitrogens with one attached hydrogen (secondary N) is 2. The molecule has 4 aromatic rings. The maximum Gasteiger partial charge on any atom is 0.416 e. The van der Waals surface area contributed by atoms with Crippen molar-refractivity contribution in [3.05, 3.63) is 88.4 Å². The second-order valence-electron chi connectivity index (χ2n) is 13.0. The summed E-state index contributed by atoms with van der Waals surface area (Å²) in [5, 5.41) is 6.33. The Balaban J connectivity index is 0.000000367. The molecule has 0 aliphatic rings. The molecule has 0 bridgehead atoms. The van der Waals surface area contributed by atoms with Crippen LogP contribution >= 0.6 is 23.5 Å². The first kappa shape index (κ1) is 51.1. The first-order chi connectivity index (χ1) is 28.0. The molecule has 2 aromatic heterocycles. The van der Waals surface area contributed by atoms with Crippen molar-refractivity contribution in [3.63, 3.8) is 0 Å². The molecule has 0 aliphatic heterocycles. The van der Waals surface area contributed by atoms with Crippen molar-refractivity contribution >= 4 is 64.5 Å². The largest absolute Gasteiger partial charge is 0.462 e. The lowest BCUT2D eigenvalue weighted by Crippen LogP contribution is -2.20. The number of anilines is 4. The van der Waals surface area contributed by atoms with Crippen molar-refractivity contribution in [2.24, 2.45) is 0 Å². The minimum atomic E-state index is -4.49. The smallest absolute Gasteiger partial charge is 0.416 e. The number of rotatable bonds is 13. The Morgan fingerprint density at radius 3 is 1.53 bits per heavy atom. The van der Waals surface area contributed by atoms with Crippen molar-refractivity contribution in [2.45, 2.75) is 63.3 Å². The van der Waals surface area contributed by atoms with Gasteiger partial charge in [0.15, 0.2) is 10.3 Å². The second kappa shape index (κ2) is 23.6. The molecular formula is C40H50F6N8O4S2. The van der Waals surface area contributed by atoms with Gasteiger partial charge >= 0.3 is 24.3 Å². The van der Waals surface area contributed by atoms with E-state index in [2.05, 4.69) is 63.4 Å². The molecule has 60 heavy (non-hydrogen) atoms. The number of carbonyl (C=O) groups excluding carboxylic acids is 2. The normalized spacial score (nSPS) is 11.4. The van der Waals surface area contributed by atoms with Crippen molar-refractivity contribution < 1.29 is 45.4 Å². The molecule has 2 heterocycles. The van der Waals surface area contributed by atoms with Gasteiger partial charge in [-0.3, -0.25) is 0 Å². The van der Waals surface area contributed by atoms with Crippen LogP contribution < -0.4 is 10.6 Å². The summed E-state index contributed by atoms with van der Waals surface area (Å²) >= 11 is 2.50. The molecule has 0 saturated carbocycles. The number of alkyl halides is 6. The van der Waals surface area contributed by atoms with E-state index in [1.165, 1.54) is 47.8 Å². The third-order valence-corrected chi connectivity index (χ3v) is 8.87. The molecule has 20 heteroatoms. The van der Waals surface area contributed by atoms with E-state index < -0.39 is 35.4 Å². The van der Waals surface area contributed by atoms with Crippen LogP contribution in [0.1, 0.15) is 70.9 Å². The zero-order valence-electron chi connectivity index (χ0n) is 35.2. The first-order valence-electron chi connectivity index (χ1n) is 18.2. The lowest BCUT2D eigenvalue weighted by molar-refractivity contribution is -0.138. The molecule has 0 fully saturated rings. The predicted molar refractivity (Wildman–Crippen MR) is 225 cm³/mol. The van der Waals surface area contributed by atoms with Crippen LogP contribution in [0.15, 0.2) is 65.0 Å². The van der Waals surface area contributed by atoms with E-state index in [0.29, 0.717) is 27.7 Å². The summed E-state index contributed by atoms with van der Waals surface area (Å²) in [4.78, 5) is 45.7. The Kier molecular flexibility index (Phi) is 20.1. The number of thioether (sulfide) groups is 2. The summed E-state index contributed by atoms with van der Waals surface area (Å²) in [5.41, 5.74) is -0.502. The monoisotopic (exact) mass is 884 g/mol. The molecule has 0 spiro atoms. The molecular weight excluding hydrogens is 835 g/mol. The number of hydrogen-bond acceptors (Lipinski definition) is 14. The number of esters is 2. The highest BCUT2D eigenvalue weighted by Crippen LogP contribution is 2.34. The number of benzene rings is 2. The fourth-order valence-corrected chi connectivity index (χ4v) is 5.16. The fraction of sp³-hybridized carbons (Fsp3) is 0.400. The first-order valence-corrected chi connectivity index (χ1v) is 20.6. The van der Waals surface area contributed by atoms with Gasteiger partial charge in [0, 0.05) is 37.7 Å². The van der Waals surface area contributed by atoms with Gasteiger partial charge in [-0.15, -0.1) is 0 Å². The number of aryl methyl sites for hydroxylation is 1. The summed E-state index contributed by atoms with van der Waals surface area (Å²) in [7, 11) is 7.76. The molecule has 4 rings (SSSR count). The molecule has 12 nitrogen and oxygen atoms in total. The molecule has 0 unspecified atom stereocenters. The summed E-state index contributed by atoms with van der Waals surface area (Å²) in [6, 6.07) is 9.99. The van der Waals surface area contributed by atoms with Gasteiger partial charge < -0.3 is 29.9 Å². The van der Waals surface area contributed by atoms with E-state index >= 15 is 0 Å². The standard InChI is InChI=1S/C19H21F3N4O2S.C16H16F3N3O2S.C5H13N/c1-5-28-17(27)15-14(9-10-26(2)3)24-18(29-4)25-16(15)23-13-8-6-7-12(11-13)19(20,21)22;1-4-24-14(23)12-9(2)20-15(25-3)22-13(12)21-11-7-5-6-10(8-11)16(17,18)19;1-5(2)6(3)4/h6-11H,5H2,1-4H3,(H,23,24,25);5-8H,4H2,1-3H3,(H,20,21,22);5H,1-4H3/b10-9+;;. The number of halogens is 6. The van der Waals surface area contributed by atoms with Crippen LogP contribution in [0.4, 0.5) is 49.4 Å². The van der Waals surface area contributed by atoms with Crippen molar-refractivity contribution in [2.75, 3.05) is 64.5 Å². The lowest BCUT2D eigenvalue weighted by Gasteiger charge is -2.15. The Hall–Kier alpha value is -5.08. The van der Waals surface area contributed by atoms with Crippen LogP contribution in [-0.4, -0.2) is 102 Å². The van der Waals surface area contributed by atoms with Gasteiger partial charge in [-0.05, 0) is 104 Å². The summed E-state index contributed by atoms with van der Waals surface area (Å²) in [6.07, 6.45) is -2.13. The van der Waals surface area contributed by atoms with Gasteiger partial charge in [-0.2, -0.15) is 26.3 Å². The highest BCUT2D eigenvalue weighted by Gasteiger charge is 2.32. The lowest BCUT2D eigenvalue weighted by atomic mass is 10.1. The van der Waals surface area contributed by atoms with Gasteiger partial charge in [-0.1, -0.05) is 35.7 Å². The predicted octanol–water partition coefficient (Wildman–Crippen LogP) is 10.1. The minimum absolute atomic E-state index is 0.0418. The topological polar surface area (TPSA) is 135 Å². The quantitative estimate of drug-likeness (QED) is 0.0571. The van der Waals surface area contributed by atoms with Crippen molar-refractivity contribution in [1.29, 1.82) is 0 Å². The van der Waals surface area contributed by atoms with Gasteiger partial charge in [0.25, 0.3) is 0 Å². The van der Waals surface area contributed by atoms with E-state index in [4.69, 9.17) is 9.47 Å². The number of nitrogens with zero attached hydrogens (tertiary/aromatic N) is 6. The van der Waals surface area contributed by atoms with E-state index in [-0.39, 0.29) is 47.4 Å². The zero-order valence-corrected chi connectivity index (χ0v) is 36.8. The second-order valence-corrected chi connectivity index (χ2v) is 14.6. The van der Waals surface area contributed by atoms with Crippen LogP contribution in [-0.2, 0) is 21.8 Å². The third-order valence-electron chi connectivity index (χ3n) is 7.78. The fourth-order valence-electron chi connectivity index (χ4n) is 4.38. The van der Waals surface area contributed by atoms with Gasteiger partial charge in [0.2, 0.25) is 0 Å². The Morgan fingerprint density at radius 2 is 1.15 bits per heavy atom. The maximum absolute atomic E-state index is 13.0. The summed E-state index contributed by atoms with van der Waals surface area (Å²) in [5.74, 6) is -1.13. The molecule has 328 valence electrons. The number of carbonyl (C=O) groups is 2. The Bertz CT molecular complexity index is 2060.